The average Bonchev–Trinajstić information content (AvgIpc) is 2.42. The summed E-state index contributed by atoms with van der Waals surface area (Å²) in [5.41, 5.74) is -0.728. The topological polar surface area (TPSA) is 93.0 Å². The lowest BCUT2D eigenvalue weighted by molar-refractivity contribution is -0.136. The van der Waals surface area contributed by atoms with Gasteiger partial charge >= 0.3 is 12.1 Å². The maximum atomic E-state index is 12.2. The van der Waals surface area contributed by atoms with E-state index in [1.54, 1.807) is 20.8 Å². The Morgan fingerprint density at radius 2 is 2.00 bits per heavy atom. The lowest BCUT2D eigenvalue weighted by atomic mass is 10.2. The van der Waals surface area contributed by atoms with E-state index in [0.717, 1.165) is 0 Å². The smallest absolute Gasteiger partial charge is 0.442 e. The quantitative estimate of drug-likeness (QED) is 0.776. The molecule has 0 radical (unpaired) electrons. The van der Waals surface area contributed by atoms with Crippen LogP contribution in [0.25, 0.3) is 0 Å². The van der Waals surface area contributed by atoms with E-state index in [1.807, 2.05) is 0 Å². The van der Waals surface area contributed by atoms with Gasteiger partial charge in [0.05, 0.1) is 9.73 Å². The molecule has 0 aromatic carbocycles. The zero-order valence-corrected chi connectivity index (χ0v) is 11.0. The fraction of sp³-hybridized carbons (Fsp3) is 0.800. The van der Waals surface area contributed by atoms with Gasteiger partial charge in [-0.3, -0.25) is 4.79 Å². The third kappa shape index (κ3) is 3.69. The molecule has 98 valence electrons. The van der Waals surface area contributed by atoms with Gasteiger partial charge in [-0.15, -0.1) is 4.36 Å². The minimum Gasteiger partial charge on any atom is -0.480 e. The molecule has 0 spiro atoms. The predicted octanol–water partition coefficient (Wildman–Crippen LogP) is 1.64. The van der Waals surface area contributed by atoms with Crippen LogP contribution in [0.1, 0.15) is 33.6 Å². The van der Waals surface area contributed by atoms with E-state index < -0.39 is 32.6 Å². The van der Waals surface area contributed by atoms with Gasteiger partial charge in [0.2, 0.25) is 0 Å². The summed E-state index contributed by atoms with van der Waals surface area (Å²) in [6.07, 6.45) is -0.154. The largest absolute Gasteiger partial charge is 0.480 e. The van der Waals surface area contributed by atoms with Crippen LogP contribution in [0.5, 0.6) is 0 Å². The van der Waals surface area contributed by atoms with Crippen LogP contribution in [0, 0.1) is 0 Å². The first kappa shape index (κ1) is 14.0. The van der Waals surface area contributed by atoms with E-state index in [2.05, 4.69) is 4.36 Å². The number of hydrogen-bond donors (Lipinski definition) is 1. The van der Waals surface area contributed by atoms with Gasteiger partial charge in [0, 0.05) is 5.75 Å². The molecule has 1 rings (SSSR count). The monoisotopic (exact) mass is 263 g/mol. The predicted molar refractivity (Wildman–Crippen MR) is 62.3 cm³/mol. The van der Waals surface area contributed by atoms with Crippen molar-refractivity contribution in [1.82, 2.24) is 0 Å². The molecule has 0 aromatic heterocycles. The Labute approximate surface area is 101 Å². The van der Waals surface area contributed by atoms with E-state index >= 15 is 0 Å². The second-order valence-corrected chi connectivity index (χ2v) is 7.47. The number of carboxylic acid groups (broad SMARTS) is 1. The molecule has 6 nitrogen and oxygen atoms in total. The van der Waals surface area contributed by atoms with Crippen LogP contribution in [0.2, 0.25) is 0 Å². The zero-order valence-electron chi connectivity index (χ0n) is 10.1. The molecular weight excluding hydrogens is 246 g/mol. The summed E-state index contributed by atoms with van der Waals surface area (Å²) >= 11 is 0. The number of carbonyl (C=O) groups excluding carboxylic acids is 1. The number of aliphatic carboxylic acids is 1. The molecule has 1 N–H and O–H groups in total. The van der Waals surface area contributed by atoms with Gasteiger partial charge in [0.25, 0.3) is 0 Å². The van der Waals surface area contributed by atoms with E-state index in [9.17, 15) is 13.8 Å². The van der Waals surface area contributed by atoms with Crippen molar-refractivity contribution in [2.24, 2.45) is 4.36 Å². The lowest BCUT2D eigenvalue weighted by Gasteiger charge is -2.18. The molecule has 0 saturated carbocycles. The van der Waals surface area contributed by atoms with E-state index in [0.29, 0.717) is 12.8 Å². The summed E-state index contributed by atoms with van der Waals surface area (Å²) in [5, 5.41) is 7.84. The number of carbonyl (C=O) groups is 2. The summed E-state index contributed by atoms with van der Waals surface area (Å²) < 4.78 is 20.6. The second-order valence-electron chi connectivity index (χ2n) is 4.93. The highest BCUT2D eigenvalue weighted by Crippen LogP contribution is 2.23. The molecule has 0 aromatic rings. The van der Waals surface area contributed by atoms with Crippen molar-refractivity contribution in [2.75, 3.05) is 5.75 Å². The van der Waals surface area contributed by atoms with Crippen LogP contribution >= 0.6 is 0 Å². The number of rotatable bonds is 1. The van der Waals surface area contributed by atoms with Crippen molar-refractivity contribution >= 4 is 21.8 Å². The van der Waals surface area contributed by atoms with Gasteiger partial charge in [0.1, 0.15) is 10.9 Å². The molecule has 1 aliphatic heterocycles. The number of hydrogen-bond acceptors (Lipinski definition) is 4. The number of nitrogens with zero attached hydrogens (tertiary/aromatic N) is 1. The molecule has 1 amide bonds. The molecule has 0 aliphatic carbocycles. The van der Waals surface area contributed by atoms with Crippen LogP contribution in [0.15, 0.2) is 4.36 Å². The standard InChI is InChI=1S/C10H17NO5S/c1-10(2,3)16-9(14)11-17(15)6-4-5-7(17)8(12)13/h7H,4-6H2,1-3H3,(H,12,13). The van der Waals surface area contributed by atoms with Crippen molar-refractivity contribution < 1.29 is 23.6 Å². The second kappa shape index (κ2) is 4.64. The molecule has 0 bridgehead atoms. The van der Waals surface area contributed by atoms with Gasteiger partial charge in [-0.25, -0.2) is 9.00 Å². The van der Waals surface area contributed by atoms with Crippen molar-refractivity contribution in [3.05, 3.63) is 0 Å². The summed E-state index contributed by atoms with van der Waals surface area (Å²) in [6.45, 7) is 4.99. The van der Waals surface area contributed by atoms with Gasteiger partial charge in [0.15, 0.2) is 0 Å². The van der Waals surface area contributed by atoms with Crippen LogP contribution in [0.3, 0.4) is 0 Å². The maximum absolute atomic E-state index is 12.2. The van der Waals surface area contributed by atoms with Crippen LogP contribution in [-0.2, 0) is 19.3 Å². The number of amides is 1. The Kier molecular flexibility index (Phi) is 3.81. The normalized spacial score (nSPS) is 28.8. The molecule has 1 saturated heterocycles. The molecule has 2 atom stereocenters. The van der Waals surface area contributed by atoms with Gasteiger partial charge in [-0.2, -0.15) is 0 Å². The van der Waals surface area contributed by atoms with Gasteiger partial charge < -0.3 is 9.84 Å². The molecule has 7 heteroatoms. The lowest BCUT2D eigenvalue weighted by Crippen LogP contribution is -2.28. The number of ether oxygens (including phenoxy) is 1. The SMILES string of the molecule is CC(C)(C)OC(=O)N=S1(=O)CCCC1C(=O)O. The first-order valence-electron chi connectivity index (χ1n) is 5.33. The molecule has 1 aliphatic rings. The Balaban J connectivity index is 2.94. The molecule has 1 fully saturated rings. The van der Waals surface area contributed by atoms with Gasteiger partial charge in [-0.05, 0) is 33.6 Å². The highest BCUT2D eigenvalue weighted by molar-refractivity contribution is 7.95. The minimum atomic E-state index is -3.01. The van der Waals surface area contributed by atoms with Crippen LogP contribution in [-0.4, -0.2) is 38.0 Å². The summed E-state index contributed by atoms with van der Waals surface area (Å²) in [6, 6.07) is 0. The van der Waals surface area contributed by atoms with E-state index in [1.165, 1.54) is 0 Å². The third-order valence-corrected chi connectivity index (χ3v) is 4.90. The highest BCUT2D eigenvalue weighted by Gasteiger charge is 2.36. The Morgan fingerprint density at radius 1 is 1.41 bits per heavy atom. The molecule has 17 heavy (non-hydrogen) atoms. The fourth-order valence-electron chi connectivity index (χ4n) is 1.60. The van der Waals surface area contributed by atoms with E-state index in [4.69, 9.17) is 9.84 Å². The fourth-order valence-corrected chi connectivity index (χ4v) is 3.82. The average molecular weight is 263 g/mol. The highest BCUT2D eigenvalue weighted by atomic mass is 32.2. The van der Waals surface area contributed by atoms with Crippen molar-refractivity contribution in [3.8, 4) is 0 Å². The Hall–Kier alpha value is -1.11. The summed E-state index contributed by atoms with van der Waals surface area (Å²) in [7, 11) is -3.01. The molecular formula is C10H17NO5S. The summed E-state index contributed by atoms with van der Waals surface area (Å²) in [4.78, 5) is 22.3. The van der Waals surface area contributed by atoms with Crippen molar-refractivity contribution in [1.29, 1.82) is 0 Å². The van der Waals surface area contributed by atoms with Gasteiger partial charge in [-0.1, -0.05) is 0 Å². The Bertz CT molecular complexity index is 442. The van der Waals surface area contributed by atoms with E-state index in [-0.39, 0.29) is 5.75 Å². The van der Waals surface area contributed by atoms with Crippen molar-refractivity contribution in [3.63, 3.8) is 0 Å². The Morgan fingerprint density at radius 3 is 2.47 bits per heavy atom. The first-order valence-corrected chi connectivity index (χ1v) is 7.08. The first-order chi connectivity index (χ1) is 7.64. The van der Waals surface area contributed by atoms with Crippen molar-refractivity contribution in [2.45, 2.75) is 44.5 Å². The minimum absolute atomic E-state index is 0.142. The molecule has 1 heterocycles. The third-order valence-electron chi connectivity index (χ3n) is 2.25. The molecule has 2 unspecified atom stereocenters. The number of carboxylic acids is 1. The van der Waals surface area contributed by atoms with Crippen LogP contribution in [0.4, 0.5) is 4.79 Å². The summed E-state index contributed by atoms with van der Waals surface area (Å²) in [5.74, 6) is -1.02. The van der Waals surface area contributed by atoms with Crippen LogP contribution < -0.4 is 0 Å². The maximum Gasteiger partial charge on any atom is 0.442 e. The zero-order chi connectivity index (χ0) is 13.3.